The van der Waals surface area contributed by atoms with Crippen molar-refractivity contribution in [1.82, 2.24) is 10.6 Å². The van der Waals surface area contributed by atoms with E-state index in [1.54, 1.807) is 7.05 Å². The second kappa shape index (κ2) is 9.22. The number of nitrogens with zero attached hydrogens (tertiary/aromatic N) is 1. The van der Waals surface area contributed by atoms with Crippen LogP contribution < -0.4 is 10.6 Å². The normalized spacial score (nSPS) is 14.2. The molecule has 0 fully saturated rings. The fourth-order valence-corrected chi connectivity index (χ4v) is 3.19. The van der Waals surface area contributed by atoms with E-state index in [9.17, 15) is 8.42 Å². The number of hydrogen-bond donors (Lipinski definition) is 2. The van der Waals surface area contributed by atoms with Gasteiger partial charge in [0.05, 0.1) is 5.75 Å². The van der Waals surface area contributed by atoms with Gasteiger partial charge in [0, 0.05) is 25.9 Å². The van der Waals surface area contributed by atoms with E-state index in [1.807, 2.05) is 24.3 Å². The van der Waals surface area contributed by atoms with Gasteiger partial charge in [-0.25, -0.2) is 8.42 Å². The Hall–Kier alpha value is -1.56. The van der Waals surface area contributed by atoms with E-state index < -0.39 is 9.84 Å². The van der Waals surface area contributed by atoms with Gasteiger partial charge in [-0.05, 0) is 36.3 Å². The highest BCUT2D eigenvalue weighted by atomic mass is 32.2. The number of hydrogen-bond acceptors (Lipinski definition) is 3. The lowest BCUT2D eigenvalue weighted by atomic mass is 9.89. The Morgan fingerprint density at radius 3 is 2.20 bits per heavy atom. The first-order valence-electron chi connectivity index (χ1n) is 8.71. The predicted molar refractivity (Wildman–Crippen MR) is 106 cm³/mol. The van der Waals surface area contributed by atoms with Crippen molar-refractivity contribution in [1.29, 1.82) is 0 Å². The van der Waals surface area contributed by atoms with Crippen LogP contribution in [0, 0.1) is 5.41 Å². The van der Waals surface area contributed by atoms with Gasteiger partial charge in [0.15, 0.2) is 15.8 Å². The van der Waals surface area contributed by atoms with Crippen molar-refractivity contribution in [3.8, 4) is 0 Å². The summed E-state index contributed by atoms with van der Waals surface area (Å²) in [6.45, 7) is 9.56. The number of sulfone groups is 1. The highest BCUT2D eigenvalue weighted by Crippen LogP contribution is 2.21. The summed E-state index contributed by atoms with van der Waals surface area (Å²) >= 11 is 0. The van der Waals surface area contributed by atoms with Crippen LogP contribution in [0.5, 0.6) is 0 Å². The van der Waals surface area contributed by atoms with Gasteiger partial charge in [0.1, 0.15) is 0 Å². The maximum Gasteiger partial charge on any atom is 0.191 e. The van der Waals surface area contributed by atoms with Crippen LogP contribution in [0.15, 0.2) is 29.3 Å². The molecule has 1 rings (SSSR count). The SMILES string of the molecule is CN=C(NCc1ccc(CS(C)(=O)=O)cc1)NC(C)CCC(C)(C)C. The van der Waals surface area contributed by atoms with Gasteiger partial charge >= 0.3 is 0 Å². The molecule has 0 spiro atoms. The summed E-state index contributed by atoms with van der Waals surface area (Å²) in [6, 6.07) is 7.97. The number of guanidine groups is 1. The highest BCUT2D eigenvalue weighted by molar-refractivity contribution is 7.89. The Labute approximate surface area is 153 Å². The van der Waals surface area contributed by atoms with Gasteiger partial charge < -0.3 is 10.6 Å². The number of nitrogens with one attached hydrogen (secondary N) is 2. The van der Waals surface area contributed by atoms with Gasteiger partial charge in [-0.15, -0.1) is 0 Å². The van der Waals surface area contributed by atoms with E-state index in [4.69, 9.17) is 0 Å². The molecular weight excluding hydrogens is 334 g/mol. The Morgan fingerprint density at radius 2 is 1.72 bits per heavy atom. The summed E-state index contributed by atoms with van der Waals surface area (Å²) in [6.07, 6.45) is 3.49. The lowest BCUT2D eigenvalue weighted by Crippen LogP contribution is -2.42. The van der Waals surface area contributed by atoms with Crippen molar-refractivity contribution in [3.05, 3.63) is 35.4 Å². The minimum absolute atomic E-state index is 0.0786. The van der Waals surface area contributed by atoms with E-state index in [-0.39, 0.29) is 5.75 Å². The van der Waals surface area contributed by atoms with Crippen LogP contribution >= 0.6 is 0 Å². The fourth-order valence-electron chi connectivity index (χ4n) is 2.39. The lowest BCUT2D eigenvalue weighted by Gasteiger charge is -2.23. The Bertz CT molecular complexity index is 659. The quantitative estimate of drug-likeness (QED) is 0.574. The van der Waals surface area contributed by atoms with Gasteiger partial charge in [0.25, 0.3) is 0 Å². The van der Waals surface area contributed by atoms with Gasteiger partial charge in [0.2, 0.25) is 0 Å². The predicted octanol–water partition coefficient (Wildman–Crippen LogP) is 3.11. The number of rotatable bonds is 7. The third-order valence-electron chi connectivity index (χ3n) is 3.85. The van der Waals surface area contributed by atoms with Crippen molar-refractivity contribution < 1.29 is 8.42 Å². The highest BCUT2D eigenvalue weighted by Gasteiger charge is 2.13. The largest absolute Gasteiger partial charge is 0.354 e. The maximum atomic E-state index is 11.3. The Morgan fingerprint density at radius 1 is 1.16 bits per heavy atom. The third kappa shape index (κ3) is 10.1. The number of aliphatic imine (C=N–C) groups is 1. The topological polar surface area (TPSA) is 70.6 Å². The molecule has 142 valence electrons. The average Bonchev–Trinajstić information content (AvgIpc) is 2.48. The molecule has 1 aromatic rings. The Kier molecular flexibility index (Phi) is 7.93. The molecule has 1 unspecified atom stereocenters. The van der Waals surface area contributed by atoms with Crippen molar-refractivity contribution in [3.63, 3.8) is 0 Å². The molecule has 0 radical (unpaired) electrons. The molecule has 1 atom stereocenters. The zero-order chi connectivity index (χ0) is 19.1. The molecular formula is C19H33N3O2S. The molecule has 0 heterocycles. The molecule has 0 bridgehead atoms. The standard InChI is InChI=1S/C19H33N3O2S/c1-15(11-12-19(2,3)4)22-18(20-5)21-13-16-7-9-17(10-8-16)14-25(6,23)24/h7-10,15H,11-14H2,1-6H3,(H2,20,21,22). The van der Waals surface area contributed by atoms with Crippen molar-refractivity contribution in [2.45, 2.75) is 58.9 Å². The summed E-state index contributed by atoms with van der Waals surface area (Å²) in [5.74, 6) is 0.858. The molecule has 1 aromatic carbocycles. The first kappa shape index (κ1) is 21.5. The van der Waals surface area contributed by atoms with Crippen molar-refractivity contribution in [2.75, 3.05) is 13.3 Å². The molecule has 0 aromatic heterocycles. The summed E-state index contributed by atoms with van der Waals surface area (Å²) in [5, 5.41) is 6.71. The minimum atomic E-state index is -2.99. The van der Waals surface area contributed by atoms with E-state index in [0.29, 0.717) is 18.0 Å². The monoisotopic (exact) mass is 367 g/mol. The van der Waals surface area contributed by atoms with Crippen LogP contribution in [-0.2, 0) is 22.1 Å². The molecule has 25 heavy (non-hydrogen) atoms. The minimum Gasteiger partial charge on any atom is -0.354 e. The van der Waals surface area contributed by atoms with Crippen LogP contribution in [-0.4, -0.2) is 33.7 Å². The first-order chi connectivity index (χ1) is 11.5. The van der Waals surface area contributed by atoms with Crippen molar-refractivity contribution in [2.24, 2.45) is 10.4 Å². The van der Waals surface area contributed by atoms with Crippen LogP contribution in [0.1, 0.15) is 51.7 Å². The average molecular weight is 368 g/mol. The molecule has 0 aliphatic heterocycles. The molecule has 5 nitrogen and oxygen atoms in total. The molecule has 0 amide bonds. The summed E-state index contributed by atoms with van der Waals surface area (Å²) in [5.41, 5.74) is 2.23. The second-order valence-corrected chi connectivity index (χ2v) is 10.1. The smallest absolute Gasteiger partial charge is 0.191 e. The van der Waals surface area contributed by atoms with E-state index in [0.717, 1.165) is 29.9 Å². The van der Waals surface area contributed by atoms with Crippen LogP contribution in [0.3, 0.4) is 0 Å². The molecule has 0 aliphatic rings. The van der Waals surface area contributed by atoms with Gasteiger partial charge in [-0.3, -0.25) is 4.99 Å². The van der Waals surface area contributed by atoms with E-state index >= 15 is 0 Å². The molecule has 0 aliphatic carbocycles. The van der Waals surface area contributed by atoms with Gasteiger partial charge in [-0.1, -0.05) is 45.0 Å². The first-order valence-corrected chi connectivity index (χ1v) is 10.8. The van der Waals surface area contributed by atoms with E-state index in [1.165, 1.54) is 6.26 Å². The second-order valence-electron chi connectivity index (χ2n) is 7.96. The van der Waals surface area contributed by atoms with E-state index in [2.05, 4.69) is 43.3 Å². The molecule has 2 N–H and O–H groups in total. The summed E-state index contributed by atoms with van der Waals surface area (Å²) in [4.78, 5) is 4.27. The maximum absolute atomic E-state index is 11.3. The number of benzene rings is 1. The summed E-state index contributed by atoms with van der Waals surface area (Å²) in [7, 11) is -1.23. The third-order valence-corrected chi connectivity index (χ3v) is 4.70. The zero-order valence-corrected chi connectivity index (χ0v) is 17.2. The Balaban J connectivity index is 2.49. The molecule has 6 heteroatoms. The zero-order valence-electron chi connectivity index (χ0n) is 16.4. The lowest BCUT2D eigenvalue weighted by molar-refractivity contribution is 0.346. The fraction of sp³-hybridized carbons (Fsp3) is 0.632. The van der Waals surface area contributed by atoms with Gasteiger partial charge in [-0.2, -0.15) is 0 Å². The molecule has 0 saturated heterocycles. The molecule has 0 saturated carbocycles. The van der Waals surface area contributed by atoms with Crippen LogP contribution in [0.25, 0.3) is 0 Å². The summed E-state index contributed by atoms with van der Waals surface area (Å²) < 4.78 is 22.6. The van der Waals surface area contributed by atoms with Crippen molar-refractivity contribution >= 4 is 15.8 Å². The van der Waals surface area contributed by atoms with Crippen LogP contribution in [0.4, 0.5) is 0 Å². The van der Waals surface area contributed by atoms with Crippen LogP contribution in [0.2, 0.25) is 0 Å².